The lowest BCUT2D eigenvalue weighted by atomic mass is 10.0. The van der Waals surface area contributed by atoms with Gasteiger partial charge in [0, 0.05) is 0 Å². The molecule has 0 aromatic carbocycles. The third kappa shape index (κ3) is 1.75. The molecule has 1 fully saturated rings. The zero-order chi connectivity index (χ0) is 8.43. The van der Waals surface area contributed by atoms with Crippen molar-refractivity contribution in [2.75, 3.05) is 6.61 Å². The molecule has 3 N–H and O–H groups in total. The highest BCUT2D eigenvalue weighted by molar-refractivity contribution is 5.84. The van der Waals surface area contributed by atoms with Crippen LogP contribution in [-0.4, -0.2) is 46.2 Å². The number of Topliss-reactive ketones (excluding diaryl/α,β-unsaturated/α-hetero) is 1. The summed E-state index contributed by atoms with van der Waals surface area (Å²) in [6.07, 6.45) is -3.69. The van der Waals surface area contributed by atoms with Gasteiger partial charge in [0.2, 0.25) is 0 Å². The van der Waals surface area contributed by atoms with E-state index in [-0.39, 0.29) is 6.42 Å². The molecule has 1 saturated heterocycles. The number of aliphatic hydroxyl groups excluding tert-OH is 3. The summed E-state index contributed by atoms with van der Waals surface area (Å²) in [6, 6.07) is 0. The van der Waals surface area contributed by atoms with Gasteiger partial charge >= 0.3 is 0 Å². The van der Waals surface area contributed by atoms with E-state index in [0.29, 0.717) is 0 Å². The lowest BCUT2D eigenvalue weighted by molar-refractivity contribution is -0.205. The Morgan fingerprint density at radius 3 is 2.73 bits per heavy atom. The maximum Gasteiger partial charge on any atom is 0.169 e. The average molecular weight is 162 g/mol. The summed E-state index contributed by atoms with van der Waals surface area (Å²) >= 11 is 0. The first-order valence-electron chi connectivity index (χ1n) is 3.30. The maximum atomic E-state index is 10.8. The Hall–Kier alpha value is -0.490. The van der Waals surface area contributed by atoms with Crippen molar-refractivity contribution in [1.82, 2.24) is 0 Å². The van der Waals surface area contributed by atoms with Crippen molar-refractivity contribution >= 4 is 5.78 Å². The normalized spacial score (nSPS) is 39.2. The van der Waals surface area contributed by atoms with E-state index in [1.165, 1.54) is 0 Å². The Bertz CT molecular complexity index is 157. The van der Waals surface area contributed by atoms with Crippen LogP contribution in [0.3, 0.4) is 0 Å². The number of hydrogen-bond donors (Lipinski definition) is 3. The van der Waals surface area contributed by atoms with Gasteiger partial charge in [-0.05, 0) is 0 Å². The van der Waals surface area contributed by atoms with Gasteiger partial charge in [0.25, 0.3) is 0 Å². The third-order valence-electron chi connectivity index (χ3n) is 1.57. The van der Waals surface area contributed by atoms with Gasteiger partial charge in [-0.1, -0.05) is 0 Å². The minimum absolute atomic E-state index is 0.211. The first kappa shape index (κ1) is 8.61. The van der Waals surface area contributed by atoms with E-state index in [2.05, 4.69) is 4.74 Å². The van der Waals surface area contributed by atoms with Crippen molar-refractivity contribution in [1.29, 1.82) is 0 Å². The molecule has 1 aliphatic heterocycles. The van der Waals surface area contributed by atoms with E-state index in [0.717, 1.165) is 0 Å². The number of ether oxygens (including phenoxy) is 1. The second-order valence-corrected chi connectivity index (χ2v) is 2.43. The molecule has 0 aromatic rings. The summed E-state index contributed by atoms with van der Waals surface area (Å²) in [5.41, 5.74) is 0. The minimum atomic E-state index is -1.30. The summed E-state index contributed by atoms with van der Waals surface area (Å²) in [4.78, 5) is 10.8. The average Bonchev–Trinajstić information content (AvgIpc) is 1.96. The first-order chi connectivity index (χ1) is 5.15. The van der Waals surface area contributed by atoms with Gasteiger partial charge in [-0.25, -0.2) is 0 Å². The van der Waals surface area contributed by atoms with E-state index in [1.807, 2.05) is 0 Å². The van der Waals surface area contributed by atoms with E-state index in [4.69, 9.17) is 15.3 Å². The highest BCUT2D eigenvalue weighted by atomic mass is 16.6. The van der Waals surface area contributed by atoms with Crippen LogP contribution < -0.4 is 0 Å². The van der Waals surface area contributed by atoms with Crippen LogP contribution >= 0.6 is 0 Å². The van der Waals surface area contributed by atoms with Crippen LogP contribution in [0.1, 0.15) is 6.42 Å². The van der Waals surface area contributed by atoms with Crippen LogP contribution in [0.2, 0.25) is 0 Å². The molecular formula is C6H10O5. The van der Waals surface area contributed by atoms with Gasteiger partial charge in [0.15, 0.2) is 12.1 Å². The Kier molecular flexibility index (Phi) is 2.56. The van der Waals surface area contributed by atoms with E-state index < -0.39 is 30.9 Å². The van der Waals surface area contributed by atoms with Crippen molar-refractivity contribution in [2.24, 2.45) is 0 Å². The number of carbonyl (C=O) groups is 1. The second-order valence-electron chi connectivity index (χ2n) is 2.43. The Labute approximate surface area is 63.2 Å². The highest BCUT2D eigenvalue weighted by Gasteiger charge is 2.34. The van der Waals surface area contributed by atoms with Crippen LogP contribution in [0.25, 0.3) is 0 Å². The number of hydrogen-bond acceptors (Lipinski definition) is 5. The van der Waals surface area contributed by atoms with Crippen LogP contribution in [0.4, 0.5) is 0 Å². The summed E-state index contributed by atoms with van der Waals surface area (Å²) in [6.45, 7) is -0.468. The predicted octanol–water partition coefficient (Wildman–Crippen LogP) is -1.98. The zero-order valence-corrected chi connectivity index (χ0v) is 5.80. The molecule has 0 saturated carbocycles. The van der Waals surface area contributed by atoms with Crippen molar-refractivity contribution in [3.63, 3.8) is 0 Å². The van der Waals surface area contributed by atoms with Crippen molar-refractivity contribution in [3.8, 4) is 0 Å². The first-order valence-corrected chi connectivity index (χ1v) is 3.30. The largest absolute Gasteiger partial charge is 0.394 e. The summed E-state index contributed by atoms with van der Waals surface area (Å²) in [5, 5.41) is 26.4. The topological polar surface area (TPSA) is 87.0 Å². The number of rotatable bonds is 1. The Morgan fingerprint density at radius 1 is 1.55 bits per heavy atom. The van der Waals surface area contributed by atoms with Crippen LogP contribution in [0.15, 0.2) is 0 Å². The van der Waals surface area contributed by atoms with Crippen molar-refractivity contribution in [2.45, 2.75) is 24.9 Å². The molecule has 5 heteroatoms. The number of ketones is 1. The van der Waals surface area contributed by atoms with Crippen molar-refractivity contribution in [3.05, 3.63) is 0 Å². The van der Waals surface area contributed by atoms with Crippen LogP contribution in [0.5, 0.6) is 0 Å². The molecule has 5 nitrogen and oxygen atoms in total. The maximum absolute atomic E-state index is 10.8. The molecule has 0 aromatic heterocycles. The predicted molar refractivity (Wildman–Crippen MR) is 33.6 cm³/mol. The van der Waals surface area contributed by atoms with Crippen molar-refractivity contribution < 1.29 is 24.9 Å². The van der Waals surface area contributed by atoms with Gasteiger partial charge in [-0.3, -0.25) is 4.79 Å². The molecule has 0 spiro atoms. The fraction of sp³-hybridized carbons (Fsp3) is 0.833. The van der Waals surface area contributed by atoms with Gasteiger partial charge in [0.1, 0.15) is 12.2 Å². The molecule has 0 radical (unpaired) electrons. The van der Waals surface area contributed by atoms with E-state index in [9.17, 15) is 4.79 Å². The summed E-state index contributed by atoms with van der Waals surface area (Å²) < 4.78 is 4.65. The molecule has 1 rings (SSSR count). The molecular weight excluding hydrogens is 152 g/mol. The molecule has 3 atom stereocenters. The fourth-order valence-corrected chi connectivity index (χ4v) is 0.967. The van der Waals surface area contributed by atoms with Crippen LogP contribution in [0, 0.1) is 0 Å². The third-order valence-corrected chi connectivity index (χ3v) is 1.57. The summed E-state index contributed by atoms with van der Waals surface area (Å²) in [5.74, 6) is -0.497. The fourth-order valence-electron chi connectivity index (χ4n) is 0.967. The Morgan fingerprint density at radius 2 is 2.18 bits per heavy atom. The lowest BCUT2D eigenvalue weighted by Crippen LogP contribution is -2.47. The monoisotopic (exact) mass is 162 g/mol. The minimum Gasteiger partial charge on any atom is -0.394 e. The standard InChI is InChI=1S/C6H10O5/c7-2-4-6(10)3(8)1-5(9)11-4/h4-7,9-10H,1-2H2/t4-,5+,6+/m1/s1. The molecule has 64 valence electrons. The molecule has 1 aliphatic rings. The lowest BCUT2D eigenvalue weighted by Gasteiger charge is -2.28. The Balaban J connectivity index is 2.58. The highest BCUT2D eigenvalue weighted by Crippen LogP contribution is 2.14. The van der Waals surface area contributed by atoms with Gasteiger partial charge in [-0.15, -0.1) is 0 Å². The zero-order valence-electron chi connectivity index (χ0n) is 5.80. The second kappa shape index (κ2) is 3.27. The van der Waals surface area contributed by atoms with E-state index in [1.54, 1.807) is 0 Å². The molecule has 11 heavy (non-hydrogen) atoms. The number of carbonyl (C=O) groups excluding carboxylic acids is 1. The summed E-state index contributed by atoms with van der Waals surface area (Å²) in [7, 11) is 0. The quantitative estimate of drug-likeness (QED) is 0.415. The van der Waals surface area contributed by atoms with Gasteiger partial charge in [-0.2, -0.15) is 0 Å². The van der Waals surface area contributed by atoms with Gasteiger partial charge < -0.3 is 20.1 Å². The molecule has 0 unspecified atom stereocenters. The molecule has 0 bridgehead atoms. The number of aliphatic hydroxyl groups is 3. The molecule has 0 amide bonds. The smallest absolute Gasteiger partial charge is 0.169 e. The molecule has 0 aliphatic carbocycles. The van der Waals surface area contributed by atoms with Crippen LogP contribution in [-0.2, 0) is 9.53 Å². The van der Waals surface area contributed by atoms with Gasteiger partial charge in [0.05, 0.1) is 13.0 Å². The SMILES string of the molecule is O=C1C[C@@H](O)O[C@H](CO)[C@H]1O. The van der Waals surface area contributed by atoms with E-state index >= 15 is 0 Å². The molecule has 1 heterocycles.